The van der Waals surface area contributed by atoms with Crippen LogP contribution in [0.1, 0.15) is 71.9 Å². The largest absolute Gasteiger partial charge is 0.464 e. The standard InChI is InChI=1S/C30H41NO13/c1-15(2)22-11-10-16(3)12-23(22)43-30(29(37)38-9)13-24(40-19(6)34)26(31-17(4)32)28(44-30)27(42-21(8)36)25(41-20(7)35)14-39-18(5)33/h10-12,15,24-28H,13-14H2,1-9H3,(H,31,32). The third-order valence-corrected chi connectivity index (χ3v) is 6.56. The number of carbonyl (C=O) groups is 6. The van der Waals surface area contributed by atoms with Gasteiger partial charge < -0.3 is 38.5 Å². The van der Waals surface area contributed by atoms with Gasteiger partial charge in [-0.1, -0.05) is 26.0 Å². The van der Waals surface area contributed by atoms with Crippen LogP contribution in [0.25, 0.3) is 0 Å². The molecule has 1 aliphatic rings. The fourth-order valence-electron chi connectivity index (χ4n) is 4.89. The number of ether oxygens (including phenoxy) is 7. The molecule has 1 aromatic carbocycles. The van der Waals surface area contributed by atoms with E-state index >= 15 is 0 Å². The lowest BCUT2D eigenvalue weighted by molar-refractivity contribution is -0.289. The highest BCUT2D eigenvalue weighted by atomic mass is 16.7. The molecule has 14 heteroatoms. The second-order valence-electron chi connectivity index (χ2n) is 10.7. The molecule has 0 aromatic heterocycles. The summed E-state index contributed by atoms with van der Waals surface area (Å²) < 4.78 is 39.4. The van der Waals surface area contributed by atoms with E-state index in [2.05, 4.69) is 5.32 Å². The van der Waals surface area contributed by atoms with E-state index in [1.807, 2.05) is 32.9 Å². The number of esters is 5. The van der Waals surface area contributed by atoms with Crippen LogP contribution in [0.4, 0.5) is 0 Å². The number of rotatable bonds is 12. The monoisotopic (exact) mass is 623 g/mol. The fourth-order valence-corrected chi connectivity index (χ4v) is 4.89. The molecule has 14 nitrogen and oxygen atoms in total. The molecule has 2 rings (SSSR count). The van der Waals surface area contributed by atoms with E-state index in [9.17, 15) is 28.8 Å². The van der Waals surface area contributed by atoms with E-state index in [-0.39, 0.29) is 11.7 Å². The van der Waals surface area contributed by atoms with E-state index in [4.69, 9.17) is 33.2 Å². The minimum Gasteiger partial charge on any atom is -0.464 e. The van der Waals surface area contributed by atoms with E-state index < -0.39 is 85.0 Å². The number of carbonyl (C=O) groups excluding carboxylic acids is 6. The Morgan fingerprint density at radius 1 is 0.955 bits per heavy atom. The average molecular weight is 624 g/mol. The summed E-state index contributed by atoms with van der Waals surface area (Å²) in [5, 5.41) is 2.62. The molecule has 1 aliphatic heterocycles. The molecule has 0 aliphatic carbocycles. The minimum atomic E-state index is -2.34. The van der Waals surface area contributed by atoms with E-state index in [1.54, 1.807) is 6.07 Å². The van der Waals surface area contributed by atoms with Gasteiger partial charge in [0.2, 0.25) is 5.91 Å². The van der Waals surface area contributed by atoms with Crippen LogP contribution in [0.2, 0.25) is 0 Å². The third-order valence-electron chi connectivity index (χ3n) is 6.56. The Bertz CT molecular complexity index is 1250. The quantitative estimate of drug-likeness (QED) is 0.264. The van der Waals surface area contributed by atoms with Crippen molar-refractivity contribution in [1.82, 2.24) is 5.32 Å². The van der Waals surface area contributed by atoms with Crippen LogP contribution in [0, 0.1) is 6.92 Å². The molecule has 0 spiro atoms. The van der Waals surface area contributed by atoms with Gasteiger partial charge in [0.1, 0.15) is 24.6 Å². The molecule has 1 aromatic rings. The van der Waals surface area contributed by atoms with Crippen molar-refractivity contribution in [2.45, 2.75) is 104 Å². The van der Waals surface area contributed by atoms with Gasteiger partial charge in [-0.25, -0.2) is 4.79 Å². The summed E-state index contributed by atoms with van der Waals surface area (Å²) in [5.41, 5.74) is 1.50. The van der Waals surface area contributed by atoms with Gasteiger partial charge in [-0.05, 0) is 30.0 Å². The number of nitrogens with one attached hydrogen (secondary N) is 1. The number of hydrogen-bond donors (Lipinski definition) is 1. The zero-order valence-electron chi connectivity index (χ0n) is 26.4. The molecule has 0 saturated carbocycles. The zero-order chi connectivity index (χ0) is 33.4. The van der Waals surface area contributed by atoms with Crippen LogP contribution in [-0.2, 0) is 57.2 Å². The topological polar surface area (TPSA) is 179 Å². The van der Waals surface area contributed by atoms with Crippen molar-refractivity contribution in [3.05, 3.63) is 29.3 Å². The molecular weight excluding hydrogens is 582 g/mol. The number of amides is 1. The molecule has 1 N–H and O–H groups in total. The lowest BCUT2D eigenvalue weighted by atomic mass is 9.87. The van der Waals surface area contributed by atoms with Crippen molar-refractivity contribution in [1.29, 1.82) is 0 Å². The Morgan fingerprint density at radius 2 is 1.59 bits per heavy atom. The molecule has 1 fully saturated rings. The van der Waals surface area contributed by atoms with Crippen LogP contribution in [-0.4, -0.2) is 85.7 Å². The van der Waals surface area contributed by atoms with Crippen LogP contribution in [0.3, 0.4) is 0 Å². The van der Waals surface area contributed by atoms with E-state index in [0.29, 0.717) is 5.56 Å². The number of aryl methyl sites for hydroxylation is 1. The Balaban J connectivity index is 2.87. The first-order valence-electron chi connectivity index (χ1n) is 14.0. The summed E-state index contributed by atoms with van der Waals surface area (Å²) in [6.07, 6.45) is -6.54. The highest BCUT2D eigenvalue weighted by molar-refractivity contribution is 5.79. The van der Waals surface area contributed by atoms with Crippen LogP contribution in [0.5, 0.6) is 5.75 Å². The van der Waals surface area contributed by atoms with Gasteiger partial charge in [-0.15, -0.1) is 0 Å². The summed E-state index contributed by atoms with van der Waals surface area (Å²) in [6.45, 7) is 10.6. The molecule has 44 heavy (non-hydrogen) atoms. The van der Waals surface area contributed by atoms with Gasteiger partial charge in [0.25, 0.3) is 0 Å². The molecular formula is C30H41NO13. The van der Waals surface area contributed by atoms with Crippen LogP contribution < -0.4 is 10.1 Å². The van der Waals surface area contributed by atoms with Gasteiger partial charge in [0.05, 0.1) is 19.6 Å². The van der Waals surface area contributed by atoms with Crippen LogP contribution >= 0.6 is 0 Å². The summed E-state index contributed by atoms with van der Waals surface area (Å²) in [5.74, 6) is -7.01. The van der Waals surface area contributed by atoms with E-state index in [0.717, 1.165) is 40.4 Å². The van der Waals surface area contributed by atoms with Crippen molar-refractivity contribution in [3.8, 4) is 5.75 Å². The Hall–Kier alpha value is -4.20. The highest BCUT2D eigenvalue weighted by Crippen LogP contribution is 2.40. The SMILES string of the molecule is COC(=O)C1(Oc2cc(C)ccc2C(C)C)CC(OC(C)=O)C(NC(C)=O)C(C(OC(C)=O)C(COC(C)=O)OC(C)=O)O1. The Morgan fingerprint density at radius 3 is 2.09 bits per heavy atom. The maximum Gasteiger partial charge on any atom is 0.379 e. The summed E-state index contributed by atoms with van der Waals surface area (Å²) >= 11 is 0. The fraction of sp³-hybridized carbons (Fsp3) is 0.600. The summed E-state index contributed by atoms with van der Waals surface area (Å²) in [6, 6.07) is 4.08. The number of benzene rings is 1. The molecule has 6 atom stereocenters. The second-order valence-corrected chi connectivity index (χ2v) is 10.7. The minimum absolute atomic E-state index is 0.0676. The lowest BCUT2D eigenvalue weighted by Gasteiger charge is -2.48. The Kier molecular flexibility index (Phi) is 12.7. The molecule has 0 bridgehead atoms. The van der Waals surface area contributed by atoms with Crippen molar-refractivity contribution in [2.24, 2.45) is 0 Å². The predicted octanol–water partition coefficient (Wildman–Crippen LogP) is 2.02. The third kappa shape index (κ3) is 9.66. The lowest BCUT2D eigenvalue weighted by Crippen LogP contribution is -2.70. The van der Waals surface area contributed by atoms with E-state index in [1.165, 1.54) is 6.92 Å². The average Bonchev–Trinajstić information content (AvgIpc) is 2.89. The van der Waals surface area contributed by atoms with Gasteiger partial charge in [0.15, 0.2) is 12.2 Å². The molecule has 1 amide bonds. The Labute approximate surface area is 255 Å². The molecule has 1 saturated heterocycles. The smallest absolute Gasteiger partial charge is 0.379 e. The highest BCUT2D eigenvalue weighted by Gasteiger charge is 2.60. The predicted molar refractivity (Wildman–Crippen MR) is 151 cm³/mol. The van der Waals surface area contributed by atoms with Crippen molar-refractivity contribution in [2.75, 3.05) is 13.7 Å². The summed E-state index contributed by atoms with van der Waals surface area (Å²) in [4.78, 5) is 74.5. The van der Waals surface area contributed by atoms with Crippen LogP contribution in [0.15, 0.2) is 18.2 Å². The number of hydrogen-bond acceptors (Lipinski definition) is 13. The second kappa shape index (κ2) is 15.5. The summed E-state index contributed by atoms with van der Waals surface area (Å²) in [7, 11) is 1.10. The maximum absolute atomic E-state index is 13.6. The van der Waals surface area contributed by atoms with Gasteiger partial charge in [-0.3, -0.25) is 24.0 Å². The molecule has 0 radical (unpaired) electrons. The van der Waals surface area contributed by atoms with Gasteiger partial charge in [-0.2, -0.15) is 0 Å². The molecule has 1 heterocycles. The first kappa shape index (κ1) is 36.0. The maximum atomic E-state index is 13.6. The first-order chi connectivity index (χ1) is 20.5. The normalized spacial score (nSPS) is 22.5. The van der Waals surface area contributed by atoms with Gasteiger partial charge in [0, 0.05) is 34.6 Å². The van der Waals surface area contributed by atoms with Crippen molar-refractivity contribution >= 4 is 35.8 Å². The molecule has 6 unspecified atom stereocenters. The first-order valence-corrected chi connectivity index (χ1v) is 14.0. The van der Waals surface area contributed by atoms with Gasteiger partial charge >= 0.3 is 35.6 Å². The molecule has 244 valence electrons. The zero-order valence-corrected chi connectivity index (χ0v) is 26.4. The van der Waals surface area contributed by atoms with Crippen molar-refractivity contribution < 1.29 is 61.9 Å². The van der Waals surface area contributed by atoms with Crippen molar-refractivity contribution in [3.63, 3.8) is 0 Å². The number of methoxy groups -OCH3 is 1.